The molecule has 6 heteroatoms. The zero-order valence-corrected chi connectivity index (χ0v) is 9.36. The van der Waals surface area contributed by atoms with E-state index in [1.165, 1.54) is 12.1 Å². The van der Waals surface area contributed by atoms with Gasteiger partial charge in [-0.15, -0.1) is 0 Å². The van der Waals surface area contributed by atoms with Crippen molar-refractivity contribution in [1.82, 2.24) is 10.2 Å². The van der Waals surface area contributed by atoms with Crippen molar-refractivity contribution < 1.29 is 4.79 Å². The molecule has 16 heavy (non-hydrogen) atoms. The molecule has 1 aromatic rings. The van der Waals surface area contributed by atoms with Gasteiger partial charge in [0.05, 0.1) is 6.04 Å². The number of hydrogen-bond acceptors (Lipinski definition) is 4. The molecule has 0 fully saturated rings. The molecule has 0 bridgehead atoms. The molecule has 2 unspecified atom stereocenters. The van der Waals surface area contributed by atoms with Gasteiger partial charge in [0.1, 0.15) is 0 Å². The van der Waals surface area contributed by atoms with Crippen molar-refractivity contribution >= 4 is 11.7 Å². The van der Waals surface area contributed by atoms with Gasteiger partial charge in [0.15, 0.2) is 5.82 Å². The zero-order chi connectivity index (χ0) is 12.1. The van der Waals surface area contributed by atoms with Crippen LogP contribution in [0.1, 0.15) is 20.3 Å². The third-order valence-electron chi connectivity index (χ3n) is 2.49. The minimum Gasteiger partial charge on any atom is -0.320 e. The smallest absolute Gasteiger partial charge is 0.264 e. The third kappa shape index (κ3) is 3.16. The number of hydrogen-bond donors (Lipinski definition) is 3. The minimum atomic E-state index is -0.571. The van der Waals surface area contributed by atoms with Crippen LogP contribution in [-0.2, 0) is 4.79 Å². The lowest BCUT2D eigenvalue weighted by molar-refractivity contribution is -0.118. The summed E-state index contributed by atoms with van der Waals surface area (Å²) in [4.78, 5) is 22.4. The van der Waals surface area contributed by atoms with Crippen molar-refractivity contribution in [2.75, 3.05) is 5.32 Å². The summed E-state index contributed by atoms with van der Waals surface area (Å²) in [6, 6.07) is 2.15. The minimum absolute atomic E-state index is 0.0998. The van der Waals surface area contributed by atoms with Crippen LogP contribution in [0.15, 0.2) is 16.9 Å². The normalized spacial score (nSPS) is 14.2. The Labute approximate surface area is 93.2 Å². The molecule has 0 aliphatic rings. The highest BCUT2D eigenvalue weighted by Crippen LogP contribution is 2.07. The Morgan fingerprint density at radius 1 is 1.62 bits per heavy atom. The van der Waals surface area contributed by atoms with Gasteiger partial charge in [-0.25, -0.2) is 5.10 Å². The van der Waals surface area contributed by atoms with E-state index < -0.39 is 6.04 Å². The second kappa shape index (κ2) is 5.41. The predicted molar refractivity (Wildman–Crippen MR) is 60.9 cm³/mol. The Hall–Kier alpha value is -1.69. The van der Waals surface area contributed by atoms with Crippen LogP contribution in [0, 0.1) is 5.92 Å². The van der Waals surface area contributed by atoms with Crippen LogP contribution in [0.5, 0.6) is 0 Å². The number of aromatic amines is 1. The van der Waals surface area contributed by atoms with Crippen LogP contribution >= 0.6 is 0 Å². The van der Waals surface area contributed by atoms with Crippen molar-refractivity contribution in [1.29, 1.82) is 0 Å². The van der Waals surface area contributed by atoms with E-state index in [1.807, 2.05) is 13.8 Å². The van der Waals surface area contributed by atoms with E-state index in [0.717, 1.165) is 6.42 Å². The summed E-state index contributed by atoms with van der Waals surface area (Å²) in [6.45, 7) is 3.88. The molecule has 6 nitrogen and oxygen atoms in total. The van der Waals surface area contributed by atoms with Gasteiger partial charge in [-0.3, -0.25) is 9.59 Å². The molecule has 0 spiro atoms. The third-order valence-corrected chi connectivity index (χ3v) is 2.49. The van der Waals surface area contributed by atoms with Crippen molar-refractivity contribution in [3.05, 3.63) is 22.5 Å². The zero-order valence-electron chi connectivity index (χ0n) is 9.36. The quantitative estimate of drug-likeness (QED) is 0.674. The molecule has 1 rings (SSSR count). The number of rotatable bonds is 4. The maximum absolute atomic E-state index is 11.6. The number of nitrogens with two attached hydrogens (primary N) is 1. The standard InChI is InChI=1S/C10H16N4O2/c1-3-6(2)9(11)10(16)12-7-4-5-8(15)14-13-7/h4-6,9H,3,11H2,1-2H3,(H,14,15)(H,12,13,16). The Bertz CT molecular complexity index is 395. The maximum Gasteiger partial charge on any atom is 0.264 e. The second-order valence-electron chi connectivity index (χ2n) is 3.71. The topological polar surface area (TPSA) is 101 Å². The van der Waals surface area contributed by atoms with Gasteiger partial charge in [0.25, 0.3) is 5.56 Å². The van der Waals surface area contributed by atoms with Gasteiger partial charge in [-0.05, 0) is 12.0 Å². The second-order valence-corrected chi connectivity index (χ2v) is 3.71. The number of nitrogens with one attached hydrogen (secondary N) is 2. The fourth-order valence-corrected chi connectivity index (χ4v) is 1.14. The van der Waals surface area contributed by atoms with E-state index in [-0.39, 0.29) is 17.4 Å². The molecule has 88 valence electrons. The summed E-state index contributed by atoms with van der Waals surface area (Å²) in [6.07, 6.45) is 0.827. The molecule has 2 atom stereocenters. The lowest BCUT2D eigenvalue weighted by Crippen LogP contribution is -2.40. The number of aromatic nitrogens is 2. The summed E-state index contributed by atoms with van der Waals surface area (Å²) in [5.74, 6) is 0.0972. The average Bonchev–Trinajstić information content (AvgIpc) is 2.30. The first-order chi connectivity index (χ1) is 7.54. The molecule has 0 saturated carbocycles. The fraction of sp³-hybridized carbons (Fsp3) is 0.500. The van der Waals surface area contributed by atoms with E-state index in [9.17, 15) is 9.59 Å². The lowest BCUT2D eigenvalue weighted by Gasteiger charge is -2.16. The Morgan fingerprint density at radius 2 is 2.31 bits per heavy atom. The first kappa shape index (κ1) is 12.4. The molecule has 0 aliphatic heterocycles. The molecular formula is C10H16N4O2. The highest BCUT2D eigenvalue weighted by atomic mass is 16.2. The first-order valence-corrected chi connectivity index (χ1v) is 5.16. The van der Waals surface area contributed by atoms with Crippen molar-refractivity contribution in [2.24, 2.45) is 11.7 Å². The van der Waals surface area contributed by atoms with Crippen LogP contribution in [0.2, 0.25) is 0 Å². The Balaban J connectivity index is 2.64. The van der Waals surface area contributed by atoms with Crippen LogP contribution in [0.3, 0.4) is 0 Å². The molecule has 0 radical (unpaired) electrons. The Morgan fingerprint density at radius 3 is 2.81 bits per heavy atom. The van der Waals surface area contributed by atoms with Gasteiger partial charge >= 0.3 is 0 Å². The average molecular weight is 224 g/mol. The van der Waals surface area contributed by atoms with Crippen LogP contribution < -0.4 is 16.6 Å². The molecule has 1 amide bonds. The fourth-order valence-electron chi connectivity index (χ4n) is 1.14. The van der Waals surface area contributed by atoms with Crippen LogP contribution in [0.25, 0.3) is 0 Å². The van der Waals surface area contributed by atoms with Crippen LogP contribution in [0.4, 0.5) is 5.82 Å². The van der Waals surface area contributed by atoms with Gasteiger partial charge in [0.2, 0.25) is 5.91 Å². The molecular weight excluding hydrogens is 208 g/mol. The molecule has 0 aliphatic carbocycles. The van der Waals surface area contributed by atoms with Crippen molar-refractivity contribution in [3.8, 4) is 0 Å². The predicted octanol–water partition coefficient (Wildman–Crippen LogP) is 0.0818. The summed E-state index contributed by atoms with van der Waals surface area (Å²) in [7, 11) is 0. The number of carbonyl (C=O) groups is 1. The first-order valence-electron chi connectivity index (χ1n) is 5.16. The van der Waals surface area contributed by atoms with Gasteiger partial charge < -0.3 is 11.1 Å². The number of amides is 1. The monoisotopic (exact) mass is 224 g/mol. The maximum atomic E-state index is 11.6. The number of H-pyrrole nitrogens is 1. The van der Waals surface area contributed by atoms with E-state index in [1.54, 1.807) is 0 Å². The number of nitrogens with zero attached hydrogens (tertiary/aromatic N) is 1. The van der Waals surface area contributed by atoms with Crippen molar-refractivity contribution in [3.63, 3.8) is 0 Å². The largest absolute Gasteiger partial charge is 0.320 e. The molecule has 0 saturated heterocycles. The summed E-state index contributed by atoms with van der Waals surface area (Å²) in [5, 5.41) is 8.43. The van der Waals surface area contributed by atoms with E-state index >= 15 is 0 Å². The highest BCUT2D eigenvalue weighted by Gasteiger charge is 2.19. The van der Waals surface area contributed by atoms with Crippen LogP contribution in [-0.4, -0.2) is 22.1 Å². The highest BCUT2D eigenvalue weighted by molar-refractivity contribution is 5.93. The van der Waals surface area contributed by atoms with E-state index in [4.69, 9.17) is 5.73 Å². The SMILES string of the molecule is CCC(C)C(N)C(=O)Nc1ccc(=O)[nH]n1. The Kier molecular flexibility index (Phi) is 4.19. The number of carbonyl (C=O) groups excluding carboxylic acids is 1. The summed E-state index contributed by atoms with van der Waals surface area (Å²) in [5.41, 5.74) is 5.42. The molecule has 0 aromatic carbocycles. The summed E-state index contributed by atoms with van der Waals surface area (Å²) >= 11 is 0. The lowest BCUT2D eigenvalue weighted by atomic mass is 9.99. The van der Waals surface area contributed by atoms with E-state index in [0.29, 0.717) is 5.82 Å². The van der Waals surface area contributed by atoms with Gasteiger partial charge in [-0.2, -0.15) is 5.10 Å². The summed E-state index contributed by atoms with van der Waals surface area (Å²) < 4.78 is 0. The van der Waals surface area contributed by atoms with Gasteiger partial charge in [0, 0.05) is 6.07 Å². The van der Waals surface area contributed by atoms with Crippen molar-refractivity contribution in [2.45, 2.75) is 26.3 Å². The number of anilines is 1. The molecule has 4 N–H and O–H groups in total. The van der Waals surface area contributed by atoms with E-state index in [2.05, 4.69) is 15.5 Å². The molecule has 1 aromatic heterocycles. The van der Waals surface area contributed by atoms with Gasteiger partial charge in [-0.1, -0.05) is 20.3 Å². The molecule has 1 heterocycles.